The van der Waals surface area contributed by atoms with Gasteiger partial charge in [0.15, 0.2) is 0 Å². The van der Waals surface area contributed by atoms with Crippen LogP contribution in [0.5, 0.6) is 23.0 Å². The lowest BCUT2D eigenvalue weighted by atomic mass is 9.34. The number of nitrogens with zero attached hydrogens (tertiary/aromatic N) is 1. The Kier molecular flexibility index (Phi) is 5.92. The Balaban J connectivity index is 1.21. The van der Waals surface area contributed by atoms with Crippen LogP contribution >= 0.6 is 0 Å². The maximum Gasteiger partial charge on any atom is 0.260 e. The van der Waals surface area contributed by atoms with Crippen LogP contribution in [0.2, 0.25) is 0 Å². The van der Waals surface area contributed by atoms with Crippen LogP contribution < -0.4 is 25.9 Å². The summed E-state index contributed by atoms with van der Waals surface area (Å²) in [4.78, 5) is 4.29. The smallest absolute Gasteiger partial charge is 0.260 e. The number of benzene rings is 6. The number of ether oxygens (including phenoxy) is 2. The highest BCUT2D eigenvalue weighted by Gasteiger charge is 2.41. The molecular formula is C41H26BNO2. The normalized spacial score (nSPS) is 12.3. The molecule has 0 atom stereocenters. The molecule has 0 saturated heterocycles. The summed E-state index contributed by atoms with van der Waals surface area (Å²) in [5.41, 5.74) is 12.3. The molecule has 9 rings (SSSR count). The summed E-state index contributed by atoms with van der Waals surface area (Å²) in [7, 11) is 0. The maximum atomic E-state index is 6.90. The molecule has 3 heterocycles. The van der Waals surface area contributed by atoms with Gasteiger partial charge >= 0.3 is 0 Å². The summed E-state index contributed by atoms with van der Waals surface area (Å²) in [6.45, 7) is -0.0215. The minimum absolute atomic E-state index is 0.0215. The third-order valence-electron chi connectivity index (χ3n) is 8.93. The number of pyridine rings is 1. The minimum Gasteiger partial charge on any atom is -0.458 e. The van der Waals surface area contributed by atoms with E-state index >= 15 is 0 Å². The van der Waals surface area contributed by atoms with Crippen molar-refractivity contribution in [3.8, 4) is 67.5 Å². The molecular weight excluding hydrogens is 549 g/mol. The van der Waals surface area contributed by atoms with Crippen LogP contribution in [0.15, 0.2) is 158 Å². The molecule has 3 nitrogen and oxygen atoms in total. The average molecular weight is 575 g/mol. The molecule has 0 spiro atoms. The monoisotopic (exact) mass is 575 g/mol. The SMILES string of the molecule is c1ccc(-c2ccc3c(c2)Oc2ccc(-c4ccc(-c5cccnc5)cc4)c4c2B3c2ccc(-c3ccccc3)cc2O4)cc1. The van der Waals surface area contributed by atoms with Gasteiger partial charge in [0, 0.05) is 23.4 Å². The topological polar surface area (TPSA) is 31.4 Å². The predicted octanol–water partition coefficient (Wildman–Crippen LogP) is 8.48. The molecule has 0 bridgehead atoms. The Bertz CT molecular complexity index is 2190. The number of hydrogen-bond donors (Lipinski definition) is 0. The van der Waals surface area contributed by atoms with Crippen LogP contribution in [0.3, 0.4) is 0 Å². The van der Waals surface area contributed by atoms with Gasteiger partial charge in [-0.3, -0.25) is 4.98 Å². The highest BCUT2D eigenvalue weighted by molar-refractivity contribution is 6.98. The molecule has 0 amide bonds. The first-order chi connectivity index (χ1) is 22.3. The molecule has 2 aliphatic heterocycles. The number of aromatic nitrogens is 1. The third kappa shape index (κ3) is 4.34. The van der Waals surface area contributed by atoms with E-state index in [1.807, 2.05) is 24.4 Å². The summed E-state index contributed by atoms with van der Waals surface area (Å²) in [6.07, 6.45) is 3.69. The standard InChI is InChI=1S/C41H26BNO2/c1-3-8-27(9-4-1)31-17-20-35-38(24-31)44-37-22-19-34(30-15-13-29(14-16-30)33-12-7-23-43-26-33)41-40(37)42(35)36-21-18-32(25-39(36)45-41)28-10-5-2-6-11-28/h1-26H. The van der Waals surface area contributed by atoms with Gasteiger partial charge in [-0.15, -0.1) is 0 Å². The average Bonchev–Trinajstić information content (AvgIpc) is 3.12. The second-order valence-corrected chi connectivity index (χ2v) is 11.5. The van der Waals surface area contributed by atoms with Crippen molar-refractivity contribution in [3.05, 3.63) is 158 Å². The summed E-state index contributed by atoms with van der Waals surface area (Å²) in [5, 5.41) is 0. The first kappa shape index (κ1) is 25.6. The van der Waals surface area contributed by atoms with Crippen LogP contribution in [0.1, 0.15) is 0 Å². The molecule has 0 aliphatic carbocycles. The summed E-state index contributed by atoms with van der Waals surface area (Å²) >= 11 is 0. The fourth-order valence-electron chi connectivity index (χ4n) is 6.71. The van der Waals surface area contributed by atoms with Gasteiger partial charge in [-0.05, 0) is 80.2 Å². The second kappa shape index (κ2) is 10.4. The predicted molar refractivity (Wildman–Crippen MR) is 184 cm³/mol. The van der Waals surface area contributed by atoms with E-state index < -0.39 is 0 Å². The quantitative estimate of drug-likeness (QED) is 0.197. The Morgan fingerprint density at radius 1 is 0.422 bits per heavy atom. The Morgan fingerprint density at radius 2 is 0.978 bits per heavy atom. The molecule has 210 valence electrons. The van der Waals surface area contributed by atoms with Gasteiger partial charge in [0.1, 0.15) is 23.0 Å². The van der Waals surface area contributed by atoms with Gasteiger partial charge in [0.25, 0.3) is 6.71 Å². The lowest BCUT2D eigenvalue weighted by Crippen LogP contribution is -2.57. The number of rotatable bonds is 4. The molecule has 0 radical (unpaired) electrons. The zero-order chi connectivity index (χ0) is 29.7. The van der Waals surface area contributed by atoms with E-state index in [0.29, 0.717) is 0 Å². The van der Waals surface area contributed by atoms with Crippen LogP contribution in [0.4, 0.5) is 0 Å². The van der Waals surface area contributed by atoms with Gasteiger partial charge in [-0.25, -0.2) is 0 Å². The van der Waals surface area contributed by atoms with E-state index in [4.69, 9.17) is 9.47 Å². The fraction of sp³-hybridized carbons (Fsp3) is 0. The van der Waals surface area contributed by atoms with Crippen molar-refractivity contribution < 1.29 is 9.47 Å². The molecule has 1 aromatic heterocycles. The third-order valence-corrected chi connectivity index (χ3v) is 8.93. The molecule has 45 heavy (non-hydrogen) atoms. The molecule has 7 aromatic rings. The van der Waals surface area contributed by atoms with Crippen molar-refractivity contribution in [2.45, 2.75) is 0 Å². The zero-order valence-electron chi connectivity index (χ0n) is 24.4. The second-order valence-electron chi connectivity index (χ2n) is 11.5. The highest BCUT2D eigenvalue weighted by atomic mass is 16.5. The van der Waals surface area contributed by atoms with E-state index in [1.165, 1.54) is 5.56 Å². The van der Waals surface area contributed by atoms with Crippen molar-refractivity contribution in [3.63, 3.8) is 0 Å². The molecule has 0 saturated carbocycles. The molecule has 4 heteroatoms. The Hall–Kier alpha value is -5.87. The van der Waals surface area contributed by atoms with Gasteiger partial charge in [0.05, 0.1) is 0 Å². The largest absolute Gasteiger partial charge is 0.458 e. The Morgan fingerprint density at radius 3 is 1.60 bits per heavy atom. The van der Waals surface area contributed by atoms with E-state index in [-0.39, 0.29) is 6.71 Å². The van der Waals surface area contributed by atoms with E-state index in [1.54, 1.807) is 6.20 Å². The lowest BCUT2D eigenvalue weighted by molar-refractivity contribution is 0.466. The van der Waals surface area contributed by atoms with E-state index in [9.17, 15) is 0 Å². The van der Waals surface area contributed by atoms with Gasteiger partial charge in [-0.1, -0.05) is 115 Å². The lowest BCUT2D eigenvalue weighted by Gasteiger charge is -2.34. The molecule has 0 fully saturated rings. The van der Waals surface area contributed by atoms with E-state index in [0.717, 1.165) is 78.3 Å². The van der Waals surface area contributed by atoms with Crippen LogP contribution in [0.25, 0.3) is 44.5 Å². The zero-order valence-corrected chi connectivity index (χ0v) is 24.4. The summed E-state index contributed by atoms with van der Waals surface area (Å²) in [5.74, 6) is 3.44. The molecule has 0 unspecified atom stereocenters. The number of hydrogen-bond acceptors (Lipinski definition) is 3. The first-order valence-electron chi connectivity index (χ1n) is 15.2. The Labute approximate surface area is 262 Å². The maximum absolute atomic E-state index is 6.90. The van der Waals surface area contributed by atoms with Crippen LogP contribution in [-0.2, 0) is 0 Å². The van der Waals surface area contributed by atoms with Gasteiger partial charge < -0.3 is 9.47 Å². The van der Waals surface area contributed by atoms with Crippen molar-refractivity contribution >= 4 is 23.1 Å². The molecule has 2 aliphatic rings. The molecule has 6 aromatic carbocycles. The molecule has 0 N–H and O–H groups in total. The minimum atomic E-state index is -0.0215. The van der Waals surface area contributed by atoms with E-state index in [2.05, 4.69) is 132 Å². The fourth-order valence-corrected chi connectivity index (χ4v) is 6.71. The van der Waals surface area contributed by atoms with Crippen LogP contribution in [0, 0.1) is 0 Å². The van der Waals surface area contributed by atoms with Gasteiger partial charge in [-0.2, -0.15) is 0 Å². The summed E-state index contributed by atoms with van der Waals surface area (Å²) in [6, 6.07) is 51.1. The highest BCUT2D eigenvalue weighted by Crippen LogP contribution is 2.42. The number of fused-ring (bicyclic) bond motifs is 4. The van der Waals surface area contributed by atoms with Crippen molar-refractivity contribution in [1.29, 1.82) is 0 Å². The van der Waals surface area contributed by atoms with Crippen LogP contribution in [-0.4, -0.2) is 11.7 Å². The van der Waals surface area contributed by atoms with Crippen molar-refractivity contribution in [2.24, 2.45) is 0 Å². The summed E-state index contributed by atoms with van der Waals surface area (Å²) < 4.78 is 13.6. The van der Waals surface area contributed by atoms with Crippen molar-refractivity contribution in [2.75, 3.05) is 0 Å². The van der Waals surface area contributed by atoms with Crippen molar-refractivity contribution in [1.82, 2.24) is 4.98 Å². The van der Waals surface area contributed by atoms with Gasteiger partial charge in [0.2, 0.25) is 0 Å². The first-order valence-corrected chi connectivity index (χ1v) is 15.2.